The summed E-state index contributed by atoms with van der Waals surface area (Å²) in [5.41, 5.74) is 6.51. The van der Waals surface area contributed by atoms with E-state index in [9.17, 15) is 9.59 Å². The molecule has 0 aliphatic heterocycles. The Morgan fingerprint density at radius 3 is 2.73 bits per heavy atom. The number of hydrazine groups is 1. The highest BCUT2D eigenvalue weighted by Gasteiger charge is 2.17. The van der Waals surface area contributed by atoms with Gasteiger partial charge in [-0.05, 0) is 17.7 Å². The second kappa shape index (κ2) is 7.99. The lowest BCUT2D eigenvalue weighted by Crippen LogP contribution is -2.26. The first-order valence-electron chi connectivity index (χ1n) is 7.72. The Bertz CT molecular complexity index is 958. The number of aromatic amines is 1. The molecule has 0 radical (unpaired) electrons. The number of methoxy groups -OCH3 is 1. The first kappa shape index (κ1) is 17.2. The summed E-state index contributed by atoms with van der Waals surface area (Å²) in [5.74, 6) is -0.416. The zero-order valence-corrected chi connectivity index (χ0v) is 13.9. The summed E-state index contributed by atoms with van der Waals surface area (Å²) in [6.07, 6.45) is 1.49. The van der Waals surface area contributed by atoms with E-state index < -0.39 is 11.7 Å². The van der Waals surface area contributed by atoms with Crippen LogP contribution in [0.4, 0.5) is 5.95 Å². The summed E-state index contributed by atoms with van der Waals surface area (Å²) in [6.45, 7) is 0.503. The number of H-pyrrole nitrogens is 1. The molecular weight excluding hydrogens is 336 g/mol. The van der Waals surface area contributed by atoms with Gasteiger partial charge in [0.05, 0.1) is 12.7 Å². The summed E-state index contributed by atoms with van der Waals surface area (Å²) in [5, 5.41) is 0. The zero-order valence-electron chi connectivity index (χ0n) is 13.9. The quantitative estimate of drug-likeness (QED) is 0.446. The van der Waals surface area contributed by atoms with Gasteiger partial charge in [0.1, 0.15) is 5.69 Å². The van der Waals surface area contributed by atoms with Crippen LogP contribution in [-0.4, -0.2) is 33.0 Å². The van der Waals surface area contributed by atoms with Crippen molar-refractivity contribution in [2.24, 2.45) is 0 Å². The molecule has 3 rings (SSSR count). The van der Waals surface area contributed by atoms with Crippen LogP contribution in [0.2, 0.25) is 0 Å². The van der Waals surface area contributed by atoms with Crippen LogP contribution in [0.15, 0.2) is 53.5 Å². The number of nitrogens with zero attached hydrogens (tertiary/aromatic N) is 3. The second-order valence-electron chi connectivity index (χ2n) is 5.18. The number of carbonyl (C=O) groups excluding carboxylic acids is 1. The lowest BCUT2D eigenvalue weighted by Gasteiger charge is -2.09. The molecule has 26 heavy (non-hydrogen) atoms. The Morgan fingerprint density at radius 2 is 1.96 bits per heavy atom. The number of ether oxygens (including phenoxy) is 1. The minimum Gasteiger partial charge on any atom is -0.465 e. The maximum atomic E-state index is 11.9. The van der Waals surface area contributed by atoms with Crippen molar-refractivity contribution in [1.29, 1.82) is 0 Å². The van der Waals surface area contributed by atoms with Gasteiger partial charge >= 0.3 is 11.7 Å². The largest absolute Gasteiger partial charge is 0.465 e. The number of aromatic nitrogens is 4. The average Bonchev–Trinajstić information content (AvgIpc) is 2.68. The zero-order chi connectivity index (χ0) is 18.4. The molecule has 0 atom stereocenters. The fourth-order valence-corrected chi connectivity index (χ4v) is 2.24. The second-order valence-corrected chi connectivity index (χ2v) is 5.18. The van der Waals surface area contributed by atoms with Gasteiger partial charge in [-0.2, -0.15) is 9.97 Å². The number of rotatable bonds is 6. The molecule has 0 aliphatic rings. The predicted molar refractivity (Wildman–Crippen MR) is 94.1 cm³/mol. The summed E-state index contributed by atoms with van der Waals surface area (Å²) in [6, 6.07) is 12.8. The number of nitrogens with one attached hydrogen (secondary N) is 3. The molecule has 0 saturated heterocycles. The minimum absolute atomic E-state index is 0.0566. The van der Waals surface area contributed by atoms with Crippen LogP contribution in [0.1, 0.15) is 15.9 Å². The van der Waals surface area contributed by atoms with Gasteiger partial charge in [0.15, 0.2) is 5.82 Å². The molecule has 132 valence electrons. The van der Waals surface area contributed by atoms with Crippen LogP contribution in [0, 0.1) is 0 Å². The van der Waals surface area contributed by atoms with Gasteiger partial charge in [0, 0.05) is 12.7 Å². The van der Waals surface area contributed by atoms with Gasteiger partial charge in [0.25, 0.3) is 0 Å². The molecule has 9 nitrogen and oxygen atoms in total. The molecule has 2 aromatic heterocycles. The van der Waals surface area contributed by atoms with Crippen LogP contribution in [0.5, 0.6) is 0 Å². The van der Waals surface area contributed by atoms with E-state index in [1.807, 2.05) is 30.3 Å². The van der Waals surface area contributed by atoms with Crippen molar-refractivity contribution in [1.82, 2.24) is 25.4 Å². The van der Waals surface area contributed by atoms with Crippen molar-refractivity contribution >= 4 is 11.9 Å². The van der Waals surface area contributed by atoms with Gasteiger partial charge in [0.2, 0.25) is 5.95 Å². The minimum atomic E-state index is -0.625. The van der Waals surface area contributed by atoms with Crippen molar-refractivity contribution in [3.63, 3.8) is 0 Å². The standard InChI is InChI=1S/C17H16N6O3/c1-26-15(24)12-8-5-9-18-13(12)14-20-16(22-17(25)21-14)23-19-10-11-6-3-2-4-7-11/h2-9,19H,10H2,1H3,(H2,20,21,22,23,25). The summed E-state index contributed by atoms with van der Waals surface area (Å²) >= 11 is 0. The maximum Gasteiger partial charge on any atom is 0.349 e. The highest BCUT2D eigenvalue weighted by Crippen LogP contribution is 2.17. The van der Waals surface area contributed by atoms with Crippen molar-refractivity contribution in [2.75, 3.05) is 12.5 Å². The first-order chi connectivity index (χ1) is 12.7. The maximum absolute atomic E-state index is 11.9. The monoisotopic (exact) mass is 352 g/mol. The van der Waals surface area contributed by atoms with E-state index in [2.05, 4.69) is 30.8 Å². The molecule has 0 aliphatic carbocycles. The Hall–Kier alpha value is -3.59. The number of carbonyl (C=O) groups is 1. The Morgan fingerprint density at radius 1 is 1.15 bits per heavy atom. The van der Waals surface area contributed by atoms with Crippen molar-refractivity contribution < 1.29 is 9.53 Å². The van der Waals surface area contributed by atoms with E-state index in [-0.39, 0.29) is 23.0 Å². The number of hydrogen-bond donors (Lipinski definition) is 3. The third-order valence-corrected chi connectivity index (χ3v) is 3.42. The fourth-order valence-electron chi connectivity index (χ4n) is 2.24. The molecule has 3 N–H and O–H groups in total. The van der Waals surface area contributed by atoms with Crippen LogP contribution in [-0.2, 0) is 11.3 Å². The molecule has 1 aromatic carbocycles. The first-order valence-corrected chi connectivity index (χ1v) is 7.72. The van der Waals surface area contributed by atoms with Crippen LogP contribution >= 0.6 is 0 Å². The van der Waals surface area contributed by atoms with E-state index in [0.29, 0.717) is 6.54 Å². The van der Waals surface area contributed by atoms with E-state index in [0.717, 1.165) is 5.56 Å². The molecule has 0 saturated carbocycles. The fraction of sp³-hybridized carbons (Fsp3) is 0.118. The summed E-state index contributed by atoms with van der Waals surface area (Å²) < 4.78 is 4.73. The third kappa shape index (κ3) is 4.08. The van der Waals surface area contributed by atoms with Crippen molar-refractivity contribution in [3.8, 4) is 11.5 Å². The normalized spacial score (nSPS) is 10.3. The predicted octanol–water partition coefficient (Wildman–Crippen LogP) is 1.13. The summed E-state index contributed by atoms with van der Waals surface area (Å²) in [7, 11) is 1.27. The van der Waals surface area contributed by atoms with Crippen LogP contribution in [0.25, 0.3) is 11.5 Å². The smallest absolute Gasteiger partial charge is 0.349 e. The van der Waals surface area contributed by atoms with Gasteiger partial charge in [-0.3, -0.25) is 15.4 Å². The van der Waals surface area contributed by atoms with E-state index in [4.69, 9.17) is 4.74 Å². The summed E-state index contributed by atoms with van der Waals surface area (Å²) in [4.78, 5) is 38.3. The third-order valence-electron chi connectivity index (χ3n) is 3.42. The topological polar surface area (TPSA) is 122 Å². The Balaban J connectivity index is 1.82. The lowest BCUT2D eigenvalue weighted by atomic mass is 10.2. The molecule has 0 fully saturated rings. The average molecular weight is 352 g/mol. The number of pyridine rings is 1. The Labute approximate surface area is 148 Å². The van der Waals surface area contributed by atoms with Gasteiger partial charge in [-0.1, -0.05) is 30.3 Å². The molecule has 9 heteroatoms. The van der Waals surface area contributed by atoms with Gasteiger partial charge < -0.3 is 4.74 Å². The van der Waals surface area contributed by atoms with Crippen molar-refractivity contribution in [3.05, 3.63) is 70.3 Å². The number of esters is 1. The molecular formula is C17H16N6O3. The van der Waals surface area contributed by atoms with Gasteiger partial charge in [-0.25, -0.2) is 15.0 Å². The molecule has 2 heterocycles. The van der Waals surface area contributed by atoms with E-state index >= 15 is 0 Å². The van der Waals surface area contributed by atoms with E-state index in [1.165, 1.54) is 19.4 Å². The lowest BCUT2D eigenvalue weighted by molar-refractivity contribution is 0.0601. The van der Waals surface area contributed by atoms with Crippen molar-refractivity contribution in [2.45, 2.75) is 6.54 Å². The number of hydrogen-bond acceptors (Lipinski definition) is 8. The highest BCUT2D eigenvalue weighted by molar-refractivity contribution is 5.95. The SMILES string of the molecule is COC(=O)c1cccnc1-c1nc(NNCc2ccccc2)nc(=O)[nH]1. The van der Waals surface area contributed by atoms with Crippen LogP contribution < -0.4 is 16.5 Å². The highest BCUT2D eigenvalue weighted by atomic mass is 16.5. The van der Waals surface area contributed by atoms with E-state index in [1.54, 1.807) is 6.07 Å². The molecule has 0 bridgehead atoms. The number of anilines is 1. The molecule has 0 amide bonds. The van der Waals surface area contributed by atoms with Crippen LogP contribution in [0.3, 0.4) is 0 Å². The Kier molecular flexibility index (Phi) is 5.30. The molecule has 3 aromatic rings. The number of benzene rings is 1. The molecule has 0 unspecified atom stereocenters. The molecule has 0 spiro atoms. The van der Waals surface area contributed by atoms with Gasteiger partial charge in [-0.15, -0.1) is 0 Å².